The summed E-state index contributed by atoms with van der Waals surface area (Å²) in [6.07, 6.45) is 0.0988. The zero-order valence-corrected chi connectivity index (χ0v) is 6.30. The first kappa shape index (κ1) is 8.87. The normalized spacial score (nSPS) is 12.6. The predicted octanol–water partition coefficient (Wildman–Crippen LogP) is 2.18. The van der Waals surface area contributed by atoms with Crippen molar-refractivity contribution < 1.29 is 13.9 Å². The lowest BCUT2D eigenvalue weighted by Crippen LogP contribution is -1.97. The number of benzene rings is 1. The summed E-state index contributed by atoms with van der Waals surface area (Å²) in [5.41, 5.74) is 0.0337. The second kappa shape index (κ2) is 3.45. The van der Waals surface area contributed by atoms with Gasteiger partial charge < -0.3 is 5.11 Å². The Morgan fingerprint density at radius 3 is 2.58 bits per heavy atom. The van der Waals surface area contributed by atoms with Crippen LogP contribution in [0.5, 0.6) is 0 Å². The third-order valence-electron chi connectivity index (χ3n) is 1.50. The van der Waals surface area contributed by atoms with Gasteiger partial charge in [0.25, 0.3) is 0 Å². The van der Waals surface area contributed by atoms with Crippen LogP contribution in [0.4, 0.5) is 8.78 Å². The van der Waals surface area contributed by atoms with Gasteiger partial charge in [0, 0.05) is 11.6 Å². The molecule has 1 aromatic carbocycles. The Morgan fingerprint density at radius 2 is 2.08 bits per heavy atom. The second-order valence-electron chi connectivity index (χ2n) is 2.35. The maximum atomic E-state index is 12.8. The number of hydrogen-bond donors (Lipinski definition) is 1. The maximum absolute atomic E-state index is 12.8. The van der Waals surface area contributed by atoms with E-state index in [1.165, 1.54) is 12.1 Å². The highest BCUT2D eigenvalue weighted by atomic mass is 19.1. The monoisotopic (exact) mass is 170 g/mol. The Bertz CT molecular complexity index is 297. The first-order chi connectivity index (χ1) is 5.65. The van der Waals surface area contributed by atoms with E-state index in [-0.39, 0.29) is 5.56 Å². The fraction of sp³-hybridized carbons (Fsp3) is 0.111. The fourth-order valence-corrected chi connectivity index (χ4v) is 0.868. The molecule has 1 rings (SSSR count). The lowest BCUT2D eigenvalue weighted by atomic mass is 10.1. The van der Waals surface area contributed by atoms with Crippen molar-refractivity contribution >= 4 is 0 Å². The summed E-state index contributed by atoms with van der Waals surface area (Å²) in [6.45, 7) is 3.29. The molecule has 0 aromatic heterocycles. The highest BCUT2D eigenvalue weighted by molar-refractivity contribution is 5.23. The lowest BCUT2D eigenvalue weighted by molar-refractivity contribution is 0.223. The van der Waals surface area contributed by atoms with Gasteiger partial charge in [-0.3, -0.25) is 0 Å². The largest absolute Gasteiger partial charge is 0.384 e. The molecule has 0 aliphatic heterocycles. The van der Waals surface area contributed by atoms with Crippen molar-refractivity contribution in [2.45, 2.75) is 6.10 Å². The molecule has 0 saturated heterocycles. The van der Waals surface area contributed by atoms with E-state index < -0.39 is 17.7 Å². The first-order valence-electron chi connectivity index (χ1n) is 3.40. The van der Waals surface area contributed by atoms with Crippen LogP contribution in [-0.2, 0) is 0 Å². The van der Waals surface area contributed by atoms with Gasteiger partial charge in [0.15, 0.2) is 0 Å². The standard InChI is InChI=1S/C9H8F2O/c1-2-9(12)7-4-3-6(10)5-8(7)11/h2-5,9,12H,1H2. The van der Waals surface area contributed by atoms with E-state index >= 15 is 0 Å². The minimum absolute atomic E-state index is 0.0337. The number of aliphatic hydroxyl groups is 1. The van der Waals surface area contributed by atoms with Crippen LogP contribution >= 0.6 is 0 Å². The number of aliphatic hydroxyl groups excluding tert-OH is 1. The van der Waals surface area contributed by atoms with Crippen molar-refractivity contribution in [2.75, 3.05) is 0 Å². The first-order valence-corrected chi connectivity index (χ1v) is 3.40. The molecule has 1 aromatic rings. The van der Waals surface area contributed by atoms with Gasteiger partial charge in [-0.25, -0.2) is 8.78 Å². The molecule has 0 aliphatic carbocycles. The van der Waals surface area contributed by atoms with Crippen molar-refractivity contribution in [3.8, 4) is 0 Å². The molecule has 3 heteroatoms. The lowest BCUT2D eigenvalue weighted by Gasteiger charge is -2.05. The SMILES string of the molecule is C=CC(O)c1ccc(F)cc1F. The molecule has 0 spiro atoms. The van der Waals surface area contributed by atoms with Gasteiger partial charge in [0.05, 0.1) is 6.10 Å². The third-order valence-corrected chi connectivity index (χ3v) is 1.50. The predicted molar refractivity (Wildman–Crippen MR) is 41.5 cm³/mol. The second-order valence-corrected chi connectivity index (χ2v) is 2.35. The molecule has 0 aliphatic rings. The Balaban J connectivity index is 3.09. The maximum Gasteiger partial charge on any atom is 0.132 e. The van der Waals surface area contributed by atoms with E-state index in [0.29, 0.717) is 0 Å². The Morgan fingerprint density at radius 1 is 1.42 bits per heavy atom. The molecule has 0 amide bonds. The van der Waals surface area contributed by atoms with Crippen molar-refractivity contribution in [3.05, 3.63) is 48.1 Å². The highest BCUT2D eigenvalue weighted by Crippen LogP contribution is 2.18. The molecule has 0 radical (unpaired) electrons. The summed E-state index contributed by atoms with van der Waals surface area (Å²) in [5.74, 6) is -1.42. The van der Waals surface area contributed by atoms with Gasteiger partial charge in [0.1, 0.15) is 11.6 Å². The zero-order chi connectivity index (χ0) is 9.14. The van der Waals surface area contributed by atoms with Gasteiger partial charge in [-0.1, -0.05) is 12.1 Å². The minimum atomic E-state index is -1.08. The molecule has 1 nitrogen and oxygen atoms in total. The molecule has 0 saturated carbocycles. The molecular weight excluding hydrogens is 162 g/mol. The van der Waals surface area contributed by atoms with E-state index in [1.807, 2.05) is 0 Å². The summed E-state index contributed by atoms with van der Waals surface area (Å²) in [4.78, 5) is 0. The zero-order valence-electron chi connectivity index (χ0n) is 6.30. The van der Waals surface area contributed by atoms with Crippen LogP contribution in [0.2, 0.25) is 0 Å². The van der Waals surface area contributed by atoms with Crippen LogP contribution in [0.15, 0.2) is 30.9 Å². The molecule has 12 heavy (non-hydrogen) atoms. The van der Waals surface area contributed by atoms with Crippen molar-refractivity contribution in [2.24, 2.45) is 0 Å². The van der Waals surface area contributed by atoms with E-state index in [1.54, 1.807) is 0 Å². The Kier molecular flexibility index (Phi) is 2.55. The van der Waals surface area contributed by atoms with Crippen LogP contribution in [-0.4, -0.2) is 5.11 Å². The Labute approximate surface area is 69.0 Å². The number of rotatable bonds is 2. The summed E-state index contributed by atoms with van der Waals surface area (Å²) in [5, 5.41) is 9.12. The summed E-state index contributed by atoms with van der Waals surface area (Å²) >= 11 is 0. The van der Waals surface area contributed by atoms with Crippen LogP contribution in [0, 0.1) is 11.6 Å². The van der Waals surface area contributed by atoms with Crippen molar-refractivity contribution in [1.29, 1.82) is 0 Å². The minimum Gasteiger partial charge on any atom is -0.384 e. The van der Waals surface area contributed by atoms with Gasteiger partial charge in [-0.05, 0) is 6.07 Å². The van der Waals surface area contributed by atoms with E-state index in [4.69, 9.17) is 5.11 Å². The van der Waals surface area contributed by atoms with E-state index in [9.17, 15) is 8.78 Å². The molecular formula is C9H8F2O. The molecule has 0 bridgehead atoms. The summed E-state index contributed by atoms with van der Waals surface area (Å²) < 4.78 is 25.2. The molecule has 1 N–H and O–H groups in total. The Hall–Kier alpha value is -1.22. The van der Waals surface area contributed by atoms with Crippen molar-refractivity contribution in [3.63, 3.8) is 0 Å². The van der Waals surface area contributed by atoms with Crippen LogP contribution in [0.3, 0.4) is 0 Å². The molecule has 1 atom stereocenters. The quantitative estimate of drug-likeness (QED) is 0.674. The van der Waals surface area contributed by atoms with Gasteiger partial charge in [0.2, 0.25) is 0 Å². The topological polar surface area (TPSA) is 20.2 Å². The molecule has 1 unspecified atom stereocenters. The number of halogens is 2. The van der Waals surface area contributed by atoms with Gasteiger partial charge in [-0.2, -0.15) is 0 Å². The molecule has 64 valence electrons. The average Bonchev–Trinajstić information content (AvgIpc) is 2.03. The third kappa shape index (κ3) is 1.68. The average molecular weight is 170 g/mol. The number of hydrogen-bond acceptors (Lipinski definition) is 1. The fourth-order valence-electron chi connectivity index (χ4n) is 0.868. The van der Waals surface area contributed by atoms with E-state index in [0.717, 1.165) is 12.1 Å². The van der Waals surface area contributed by atoms with Crippen LogP contribution < -0.4 is 0 Å². The summed E-state index contributed by atoms with van der Waals surface area (Å²) in [6, 6.07) is 3.00. The van der Waals surface area contributed by atoms with E-state index in [2.05, 4.69) is 6.58 Å². The van der Waals surface area contributed by atoms with Gasteiger partial charge in [-0.15, -0.1) is 6.58 Å². The van der Waals surface area contributed by atoms with Crippen molar-refractivity contribution in [1.82, 2.24) is 0 Å². The summed E-state index contributed by atoms with van der Waals surface area (Å²) in [7, 11) is 0. The van der Waals surface area contributed by atoms with Crippen LogP contribution in [0.1, 0.15) is 11.7 Å². The molecule has 0 heterocycles. The molecule has 0 fully saturated rings. The van der Waals surface area contributed by atoms with Gasteiger partial charge >= 0.3 is 0 Å². The highest BCUT2D eigenvalue weighted by Gasteiger charge is 2.09. The smallest absolute Gasteiger partial charge is 0.132 e. The van der Waals surface area contributed by atoms with Crippen LogP contribution in [0.25, 0.3) is 0 Å².